The number of aryl methyl sites for hydroxylation is 1. The summed E-state index contributed by atoms with van der Waals surface area (Å²) in [5.41, 5.74) is 0.927. The number of carboxylic acids is 1. The highest BCUT2D eigenvalue weighted by atomic mass is 19.1. The summed E-state index contributed by atoms with van der Waals surface area (Å²) in [4.78, 5) is 19.4. The first kappa shape index (κ1) is 14.9. The minimum Gasteiger partial charge on any atom is -0.477 e. The molecule has 21 heavy (non-hydrogen) atoms. The van der Waals surface area contributed by atoms with Gasteiger partial charge in [0.1, 0.15) is 17.1 Å². The van der Waals surface area contributed by atoms with Crippen LogP contribution in [0.5, 0.6) is 11.8 Å². The van der Waals surface area contributed by atoms with E-state index in [0.29, 0.717) is 5.69 Å². The highest BCUT2D eigenvalue weighted by molar-refractivity contribution is 5.91. The van der Waals surface area contributed by atoms with Gasteiger partial charge in [0.15, 0.2) is 0 Å². The van der Waals surface area contributed by atoms with Crippen molar-refractivity contribution in [1.82, 2.24) is 9.97 Å². The number of hydrogen-bond acceptors (Lipinski definition) is 4. The van der Waals surface area contributed by atoms with Crippen molar-refractivity contribution >= 4 is 5.97 Å². The van der Waals surface area contributed by atoms with Crippen LogP contribution in [0, 0.1) is 12.7 Å². The quantitative estimate of drug-likeness (QED) is 0.932. The van der Waals surface area contributed by atoms with Gasteiger partial charge >= 0.3 is 12.0 Å². The van der Waals surface area contributed by atoms with Crippen molar-refractivity contribution in [2.24, 2.45) is 0 Å². The predicted octanol–water partition coefficient (Wildman–Crippen LogP) is 3.54. The van der Waals surface area contributed by atoms with Crippen molar-refractivity contribution in [2.45, 2.75) is 26.7 Å². The summed E-state index contributed by atoms with van der Waals surface area (Å²) in [5.74, 6) is -2.22. The van der Waals surface area contributed by atoms with Crippen molar-refractivity contribution in [2.75, 3.05) is 0 Å². The molecule has 5 nitrogen and oxygen atoms in total. The van der Waals surface area contributed by atoms with E-state index in [1.165, 1.54) is 12.1 Å². The van der Waals surface area contributed by atoms with Gasteiger partial charge in [-0.05, 0) is 31.0 Å². The monoisotopic (exact) mass is 290 g/mol. The number of rotatable bonds is 4. The fourth-order valence-electron chi connectivity index (χ4n) is 1.80. The van der Waals surface area contributed by atoms with Gasteiger partial charge in [-0.25, -0.2) is 14.2 Å². The standard InChI is InChI=1S/C15H15FN2O3/c1-8(2)11-7-9(3)17-15(18-11)21-12-6-4-5-10(16)13(12)14(19)20/h4-8H,1-3H3,(H,19,20). The minimum absolute atomic E-state index is 0.00630. The molecule has 0 spiro atoms. The number of nitrogens with zero attached hydrogens (tertiary/aromatic N) is 2. The molecular weight excluding hydrogens is 275 g/mol. The van der Waals surface area contributed by atoms with Gasteiger partial charge in [-0.3, -0.25) is 0 Å². The molecule has 0 saturated heterocycles. The molecule has 0 aliphatic carbocycles. The van der Waals surface area contributed by atoms with Gasteiger partial charge in [0, 0.05) is 5.69 Å². The van der Waals surface area contributed by atoms with E-state index in [2.05, 4.69) is 9.97 Å². The maximum atomic E-state index is 13.6. The first-order valence-corrected chi connectivity index (χ1v) is 6.43. The molecule has 1 heterocycles. The van der Waals surface area contributed by atoms with Crippen molar-refractivity contribution < 1.29 is 19.0 Å². The van der Waals surface area contributed by atoms with E-state index < -0.39 is 17.3 Å². The van der Waals surface area contributed by atoms with Crippen LogP contribution in [0.4, 0.5) is 4.39 Å². The van der Waals surface area contributed by atoms with Crippen molar-refractivity contribution in [3.8, 4) is 11.8 Å². The average molecular weight is 290 g/mol. The molecule has 0 radical (unpaired) electrons. The number of aromatic nitrogens is 2. The van der Waals surface area contributed by atoms with Gasteiger partial charge in [0.05, 0.1) is 5.69 Å². The Bertz CT molecular complexity index is 687. The molecule has 0 amide bonds. The Morgan fingerprint density at radius 1 is 1.33 bits per heavy atom. The van der Waals surface area contributed by atoms with E-state index >= 15 is 0 Å². The molecule has 1 N–H and O–H groups in total. The summed E-state index contributed by atoms with van der Waals surface area (Å²) in [7, 11) is 0. The summed E-state index contributed by atoms with van der Waals surface area (Å²) in [6, 6.07) is 5.63. The molecule has 0 unspecified atom stereocenters. The summed E-state index contributed by atoms with van der Waals surface area (Å²) >= 11 is 0. The lowest BCUT2D eigenvalue weighted by molar-refractivity contribution is 0.0688. The molecule has 1 aromatic carbocycles. The zero-order chi connectivity index (χ0) is 15.6. The van der Waals surface area contributed by atoms with Crippen molar-refractivity contribution in [3.05, 3.63) is 47.0 Å². The van der Waals surface area contributed by atoms with E-state index in [0.717, 1.165) is 11.8 Å². The van der Waals surface area contributed by atoms with E-state index in [-0.39, 0.29) is 17.7 Å². The molecule has 1 aromatic heterocycles. The molecule has 2 rings (SSSR count). The SMILES string of the molecule is Cc1cc(C(C)C)nc(Oc2cccc(F)c2C(=O)O)n1. The molecule has 0 saturated carbocycles. The smallest absolute Gasteiger partial charge is 0.342 e. The molecule has 0 aliphatic heterocycles. The zero-order valence-corrected chi connectivity index (χ0v) is 11.9. The van der Waals surface area contributed by atoms with Crippen LogP contribution in [-0.2, 0) is 0 Å². The normalized spacial score (nSPS) is 10.7. The lowest BCUT2D eigenvalue weighted by Crippen LogP contribution is -2.06. The lowest BCUT2D eigenvalue weighted by Gasteiger charge is -2.11. The van der Waals surface area contributed by atoms with Crippen LogP contribution < -0.4 is 4.74 Å². The summed E-state index contributed by atoms with van der Waals surface area (Å²) < 4.78 is 19.0. The van der Waals surface area contributed by atoms with Crippen LogP contribution in [0.3, 0.4) is 0 Å². The molecule has 110 valence electrons. The molecule has 0 bridgehead atoms. The third-order valence-electron chi connectivity index (χ3n) is 2.84. The second-order valence-corrected chi connectivity index (χ2v) is 4.89. The van der Waals surface area contributed by atoms with E-state index in [9.17, 15) is 9.18 Å². The largest absolute Gasteiger partial charge is 0.477 e. The number of carboxylic acid groups (broad SMARTS) is 1. The number of halogens is 1. The van der Waals surface area contributed by atoms with Crippen LogP contribution in [0.15, 0.2) is 24.3 Å². The van der Waals surface area contributed by atoms with Crippen molar-refractivity contribution in [1.29, 1.82) is 0 Å². The summed E-state index contributed by atoms with van der Waals surface area (Å²) in [6.45, 7) is 5.72. The fourth-order valence-corrected chi connectivity index (χ4v) is 1.80. The maximum absolute atomic E-state index is 13.6. The third-order valence-corrected chi connectivity index (χ3v) is 2.84. The van der Waals surface area contributed by atoms with E-state index in [1.807, 2.05) is 19.9 Å². The Morgan fingerprint density at radius 2 is 2.05 bits per heavy atom. The Kier molecular flexibility index (Phi) is 4.16. The second kappa shape index (κ2) is 5.87. The van der Waals surface area contributed by atoms with Gasteiger partial charge in [-0.2, -0.15) is 4.98 Å². The minimum atomic E-state index is -1.40. The van der Waals surface area contributed by atoms with Crippen LogP contribution in [0.1, 0.15) is 41.5 Å². The first-order chi connectivity index (χ1) is 9.88. The lowest BCUT2D eigenvalue weighted by atomic mass is 10.1. The molecule has 2 aromatic rings. The van der Waals surface area contributed by atoms with Crippen LogP contribution >= 0.6 is 0 Å². The Balaban J connectivity index is 2.43. The molecule has 0 fully saturated rings. The topological polar surface area (TPSA) is 72.3 Å². The average Bonchev–Trinajstić information content (AvgIpc) is 2.37. The van der Waals surface area contributed by atoms with Crippen molar-refractivity contribution in [3.63, 3.8) is 0 Å². The highest BCUT2D eigenvalue weighted by Gasteiger charge is 2.18. The summed E-state index contributed by atoms with van der Waals surface area (Å²) in [6.07, 6.45) is 0. The van der Waals surface area contributed by atoms with Crippen LogP contribution in [-0.4, -0.2) is 21.0 Å². The van der Waals surface area contributed by atoms with Gasteiger partial charge in [-0.1, -0.05) is 19.9 Å². The Morgan fingerprint density at radius 3 is 2.67 bits per heavy atom. The molecule has 6 heteroatoms. The molecular formula is C15H15FN2O3. The highest BCUT2D eigenvalue weighted by Crippen LogP contribution is 2.26. The second-order valence-electron chi connectivity index (χ2n) is 4.89. The van der Waals surface area contributed by atoms with E-state index in [4.69, 9.17) is 9.84 Å². The van der Waals surface area contributed by atoms with Gasteiger partial charge in [0.2, 0.25) is 0 Å². The molecule has 0 atom stereocenters. The Hall–Kier alpha value is -2.50. The number of ether oxygens (including phenoxy) is 1. The van der Waals surface area contributed by atoms with Crippen LogP contribution in [0.2, 0.25) is 0 Å². The van der Waals surface area contributed by atoms with Gasteiger partial charge in [0.25, 0.3) is 0 Å². The van der Waals surface area contributed by atoms with Gasteiger partial charge < -0.3 is 9.84 Å². The Labute approximate surface area is 121 Å². The number of hydrogen-bond donors (Lipinski definition) is 1. The number of benzene rings is 1. The first-order valence-electron chi connectivity index (χ1n) is 6.43. The fraction of sp³-hybridized carbons (Fsp3) is 0.267. The predicted molar refractivity (Wildman–Crippen MR) is 74.3 cm³/mol. The zero-order valence-electron chi connectivity index (χ0n) is 11.9. The number of carbonyl (C=O) groups is 1. The molecule has 0 aliphatic rings. The van der Waals surface area contributed by atoms with E-state index in [1.54, 1.807) is 6.92 Å². The summed E-state index contributed by atoms with van der Waals surface area (Å²) in [5, 5.41) is 9.06. The number of aromatic carboxylic acids is 1. The maximum Gasteiger partial charge on any atom is 0.342 e. The van der Waals surface area contributed by atoms with Crippen LogP contribution in [0.25, 0.3) is 0 Å². The third kappa shape index (κ3) is 3.34. The van der Waals surface area contributed by atoms with Gasteiger partial charge in [-0.15, -0.1) is 0 Å².